The molecule has 4 rings (SSSR count). The maximum atomic E-state index is 13.7. The van der Waals surface area contributed by atoms with Gasteiger partial charge in [-0.3, -0.25) is 14.5 Å². The number of likely N-dealkylation sites (tertiary alicyclic amines) is 2. The first-order chi connectivity index (χ1) is 19.0. The molecule has 1 aromatic rings. The fourth-order valence-electron chi connectivity index (χ4n) is 6.10. The quantitative estimate of drug-likeness (QED) is 0.523. The van der Waals surface area contributed by atoms with Gasteiger partial charge in [0.25, 0.3) is 0 Å². The van der Waals surface area contributed by atoms with Gasteiger partial charge in [-0.25, -0.2) is 4.79 Å². The SMILES string of the molecule is CC1CC(N(C)CC(NC(=O)OC(C)(C)C)C(=O)N2C(C#N)C[C@@H]3C[C@@H]32)C(=O)N1C(C)c1ccc(C(F)(F)F)cc1. The molecule has 12 heteroatoms. The summed E-state index contributed by atoms with van der Waals surface area (Å²) in [5.41, 5.74) is -0.967. The summed E-state index contributed by atoms with van der Waals surface area (Å²) in [6.07, 6.45) is -3.35. The third-order valence-electron chi connectivity index (χ3n) is 8.22. The Balaban J connectivity index is 1.49. The van der Waals surface area contributed by atoms with Gasteiger partial charge in [0.1, 0.15) is 17.7 Å². The van der Waals surface area contributed by atoms with Crippen LogP contribution in [0.4, 0.5) is 18.0 Å². The van der Waals surface area contributed by atoms with Crippen molar-refractivity contribution in [3.63, 3.8) is 0 Å². The average Bonchev–Trinajstić information content (AvgIpc) is 3.43. The number of amides is 3. The van der Waals surface area contributed by atoms with Crippen LogP contribution < -0.4 is 5.32 Å². The minimum absolute atomic E-state index is 0.00966. The number of likely N-dealkylation sites (N-methyl/N-ethyl adjacent to an activating group) is 1. The van der Waals surface area contributed by atoms with Gasteiger partial charge >= 0.3 is 12.3 Å². The maximum Gasteiger partial charge on any atom is 0.416 e. The third kappa shape index (κ3) is 6.61. The number of ether oxygens (including phenoxy) is 1. The molecule has 3 fully saturated rings. The molecule has 3 aliphatic rings. The molecule has 2 aliphatic heterocycles. The molecule has 0 aromatic heterocycles. The summed E-state index contributed by atoms with van der Waals surface area (Å²) < 4.78 is 44.5. The van der Waals surface area contributed by atoms with Crippen molar-refractivity contribution in [2.75, 3.05) is 13.6 Å². The van der Waals surface area contributed by atoms with E-state index >= 15 is 0 Å². The van der Waals surface area contributed by atoms with Crippen LogP contribution in [0.25, 0.3) is 0 Å². The Morgan fingerprint density at radius 1 is 1.17 bits per heavy atom. The van der Waals surface area contributed by atoms with Crippen LogP contribution in [-0.4, -0.2) is 82.0 Å². The Bertz CT molecular complexity index is 1210. The molecule has 5 unspecified atom stereocenters. The molecule has 1 aliphatic carbocycles. The van der Waals surface area contributed by atoms with Crippen LogP contribution in [0.5, 0.6) is 0 Å². The van der Waals surface area contributed by atoms with E-state index in [-0.39, 0.29) is 30.4 Å². The second kappa shape index (κ2) is 11.2. The molecular formula is C29H38F3N5O4. The van der Waals surface area contributed by atoms with Crippen molar-refractivity contribution in [3.05, 3.63) is 35.4 Å². The number of nitrogens with one attached hydrogen (secondary N) is 1. The van der Waals surface area contributed by atoms with Crippen molar-refractivity contribution in [3.8, 4) is 6.07 Å². The summed E-state index contributed by atoms with van der Waals surface area (Å²) in [5, 5.41) is 12.3. The summed E-state index contributed by atoms with van der Waals surface area (Å²) in [7, 11) is 1.70. The summed E-state index contributed by atoms with van der Waals surface area (Å²) in [6.45, 7) is 8.79. The van der Waals surface area contributed by atoms with E-state index in [2.05, 4.69) is 11.4 Å². The van der Waals surface area contributed by atoms with E-state index in [1.54, 1.807) is 49.4 Å². The molecule has 2 saturated heterocycles. The number of halogens is 3. The lowest BCUT2D eigenvalue weighted by Gasteiger charge is -2.33. The Labute approximate surface area is 238 Å². The van der Waals surface area contributed by atoms with Gasteiger partial charge in [-0.05, 0) is 84.5 Å². The number of fused-ring (bicyclic) bond motifs is 1. The molecular weight excluding hydrogens is 539 g/mol. The largest absolute Gasteiger partial charge is 0.444 e. The molecule has 7 atom stereocenters. The number of carbonyl (C=O) groups is 3. The second-order valence-corrected chi connectivity index (χ2v) is 12.5. The standard InChI is InChI=1S/C29H38F3N5O4/c1-16-11-24(26(39)36(16)17(2)18-7-9-20(10-8-18)29(30,31)32)35(6)15-22(34-27(40)41-28(3,4)5)25(38)37-21(14-33)12-19-13-23(19)37/h7-10,16-17,19,21-24H,11-13,15H2,1-6H3,(H,34,40)/t16?,17?,19-,21?,22?,23+,24?/m1/s1. The zero-order valence-electron chi connectivity index (χ0n) is 24.2. The van der Waals surface area contributed by atoms with Crippen LogP contribution in [0.3, 0.4) is 0 Å². The fourth-order valence-corrected chi connectivity index (χ4v) is 6.10. The number of nitriles is 1. The smallest absolute Gasteiger partial charge is 0.416 e. The van der Waals surface area contributed by atoms with Gasteiger partial charge in [-0.1, -0.05) is 12.1 Å². The highest BCUT2D eigenvalue weighted by Crippen LogP contribution is 2.48. The van der Waals surface area contributed by atoms with Gasteiger partial charge in [0.15, 0.2) is 0 Å². The van der Waals surface area contributed by atoms with E-state index in [4.69, 9.17) is 4.74 Å². The Morgan fingerprint density at radius 3 is 2.37 bits per heavy atom. The zero-order chi connectivity index (χ0) is 30.4. The first-order valence-electron chi connectivity index (χ1n) is 13.9. The monoisotopic (exact) mass is 577 g/mol. The van der Waals surface area contributed by atoms with Crippen molar-refractivity contribution in [1.29, 1.82) is 5.26 Å². The predicted molar refractivity (Wildman–Crippen MR) is 143 cm³/mol. The number of alkyl halides is 3. The van der Waals surface area contributed by atoms with Crippen LogP contribution in [0.2, 0.25) is 0 Å². The predicted octanol–water partition coefficient (Wildman–Crippen LogP) is 4.09. The zero-order valence-corrected chi connectivity index (χ0v) is 24.2. The Morgan fingerprint density at radius 2 is 1.80 bits per heavy atom. The number of carbonyl (C=O) groups excluding carboxylic acids is 3. The van der Waals surface area contributed by atoms with Gasteiger partial charge in [-0.2, -0.15) is 18.4 Å². The van der Waals surface area contributed by atoms with Crippen LogP contribution in [0.1, 0.15) is 71.0 Å². The topological polar surface area (TPSA) is 106 Å². The Kier molecular flexibility index (Phi) is 8.33. The number of alkyl carbamates (subject to hydrolysis) is 1. The first kappa shape index (κ1) is 30.6. The fraction of sp³-hybridized carbons (Fsp3) is 0.655. The molecule has 41 heavy (non-hydrogen) atoms. The van der Waals surface area contributed by atoms with Gasteiger partial charge < -0.3 is 19.9 Å². The molecule has 1 saturated carbocycles. The highest BCUT2D eigenvalue weighted by molar-refractivity contribution is 5.88. The number of rotatable bonds is 7. The lowest BCUT2D eigenvalue weighted by atomic mass is 10.0. The molecule has 2 heterocycles. The summed E-state index contributed by atoms with van der Waals surface area (Å²) in [5.74, 6) is -0.303. The van der Waals surface area contributed by atoms with Crippen molar-refractivity contribution in [2.45, 2.75) is 102 Å². The maximum absolute atomic E-state index is 13.7. The summed E-state index contributed by atoms with van der Waals surface area (Å²) >= 11 is 0. The minimum Gasteiger partial charge on any atom is -0.444 e. The molecule has 1 aromatic carbocycles. The van der Waals surface area contributed by atoms with E-state index in [1.807, 2.05) is 6.92 Å². The molecule has 0 bridgehead atoms. The Hall–Kier alpha value is -3.33. The molecule has 1 N–H and O–H groups in total. The van der Waals surface area contributed by atoms with Crippen molar-refractivity contribution >= 4 is 17.9 Å². The highest BCUT2D eigenvalue weighted by atomic mass is 19.4. The number of hydrogen-bond donors (Lipinski definition) is 1. The lowest BCUT2D eigenvalue weighted by Crippen LogP contribution is -2.57. The van der Waals surface area contributed by atoms with Gasteiger partial charge in [0.2, 0.25) is 11.8 Å². The summed E-state index contributed by atoms with van der Waals surface area (Å²) in [4.78, 5) is 45.0. The van der Waals surface area contributed by atoms with Gasteiger partial charge in [0, 0.05) is 18.6 Å². The van der Waals surface area contributed by atoms with Gasteiger partial charge in [-0.15, -0.1) is 0 Å². The van der Waals surface area contributed by atoms with E-state index in [0.717, 1.165) is 18.6 Å². The van der Waals surface area contributed by atoms with Crippen molar-refractivity contribution in [1.82, 2.24) is 20.0 Å². The lowest BCUT2D eigenvalue weighted by molar-refractivity contribution is -0.138. The number of hydrogen-bond acceptors (Lipinski definition) is 6. The van der Waals surface area contributed by atoms with Crippen LogP contribution in [0, 0.1) is 17.2 Å². The van der Waals surface area contributed by atoms with Crippen LogP contribution in [-0.2, 0) is 20.5 Å². The molecule has 3 amide bonds. The van der Waals surface area contributed by atoms with E-state index in [1.165, 1.54) is 12.1 Å². The minimum atomic E-state index is -4.45. The van der Waals surface area contributed by atoms with Crippen molar-refractivity contribution in [2.24, 2.45) is 5.92 Å². The molecule has 9 nitrogen and oxygen atoms in total. The van der Waals surface area contributed by atoms with Crippen molar-refractivity contribution < 1.29 is 32.3 Å². The molecule has 0 spiro atoms. The van der Waals surface area contributed by atoms with Crippen LogP contribution in [0.15, 0.2) is 24.3 Å². The van der Waals surface area contributed by atoms with Gasteiger partial charge in [0.05, 0.1) is 23.7 Å². The average molecular weight is 578 g/mol. The van der Waals surface area contributed by atoms with E-state index in [9.17, 15) is 32.8 Å². The van der Waals surface area contributed by atoms with E-state index in [0.29, 0.717) is 24.3 Å². The number of benzene rings is 1. The second-order valence-electron chi connectivity index (χ2n) is 12.5. The summed E-state index contributed by atoms with van der Waals surface area (Å²) in [6, 6.07) is 4.06. The highest BCUT2D eigenvalue weighted by Gasteiger charge is 2.55. The molecule has 0 radical (unpaired) electrons. The number of nitrogens with zero attached hydrogens (tertiary/aromatic N) is 4. The normalized spacial score (nSPS) is 27.3. The third-order valence-corrected chi connectivity index (χ3v) is 8.22. The van der Waals surface area contributed by atoms with Crippen LogP contribution >= 0.6 is 0 Å². The first-order valence-corrected chi connectivity index (χ1v) is 13.9. The number of piperidine rings is 1. The van der Waals surface area contributed by atoms with E-state index < -0.39 is 47.6 Å². The molecule has 224 valence electrons.